The van der Waals surface area contributed by atoms with Crippen molar-refractivity contribution in [2.24, 2.45) is 0 Å². The van der Waals surface area contributed by atoms with Crippen LogP contribution in [0, 0.1) is 0 Å². The molecule has 1 heterocycles. The van der Waals surface area contributed by atoms with Gasteiger partial charge in [0.15, 0.2) is 0 Å². The Hall–Kier alpha value is -1.17. The van der Waals surface area contributed by atoms with Gasteiger partial charge in [0.05, 0.1) is 0 Å². The lowest BCUT2D eigenvalue weighted by molar-refractivity contribution is -0.141. The van der Waals surface area contributed by atoms with Crippen molar-refractivity contribution in [3.63, 3.8) is 0 Å². The molecular weight excluding hydrogens is 264 g/mol. The molecule has 6 heteroatoms. The molecule has 1 fully saturated rings. The second-order valence-corrected chi connectivity index (χ2v) is 6.01. The molecule has 0 radical (unpaired) electrons. The van der Waals surface area contributed by atoms with E-state index in [9.17, 15) is 9.59 Å². The smallest absolute Gasteiger partial charge is 0.327 e. The molecule has 106 valence electrons. The van der Waals surface area contributed by atoms with Crippen LogP contribution in [-0.4, -0.2) is 52.6 Å². The van der Waals surface area contributed by atoms with Crippen molar-refractivity contribution in [1.29, 1.82) is 0 Å². The molecule has 2 aliphatic rings. The number of urea groups is 1. The summed E-state index contributed by atoms with van der Waals surface area (Å²) in [6.07, 6.45) is 6.62. The minimum atomic E-state index is -0.916. The van der Waals surface area contributed by atoms with Crippen LogP contribution in [0.2, 0.25) is 0 Å². The van der Waals surface area contributed by atoms with Gasteiger partial charge in [0, 0.05) is 24.6 Å². The van der Waals surface area contributed by atoms with Gasteiger partial charge in [0.2, 0.25) is 0 Å². The third kappa shape index (κ3) is 3.89. The van der Waals surface area contributed by atoms with Gasteiger partial charge < -0.3 is 15.3 Å². The molecular formula is C13H20N2O3S. The van der Waals surface area contributed by atoms with E-state index in [0.29, 0.717) is 18.8 Å². The number of hydrogen-bond acceptors (Lipinski definition) is 3. The van der Waals surface area contributed by atoms with Gasteiger partial charge in [-0.05, 0) is 25.7 Å². The zero-order valence-electron chi connectivity index (χ0n) is 10.9. The van der Waals surface area contributed by atoms with E-state index in [4.69, 9.17) is 5.11 Å². The maximum atomic E-state index is 12.0. The van der Waals surface area contributed by atoms with Gasteiger partial charge >= 0.3 is 12.0 Å². The van der Waals surface area contributed by atoms with E-state index in [2.05, 4.69) is 11.4 Å². The summed E-state index contributed by atoms with van der Waals surface area (Å²) in [6.45, 7) is 1.11. The molecule has 19 heavy (non-hydrogen) atoms. The molecule has 1 aliphatic heterocycles. The van der Waals surface area contributed by atoms with Crippen LogP contribution in [0.25, 0.3) is 0 Å². The molecule has 1 saturated heterocycles. The number of nitrogens with one attached hydrogen (secondary N) is 1. The Bertz CT molecular complexity index is 384. The largest absolute Gasteiger partial charge is 0.480 e. The zero-order chi connectivity index (χ0) is 13.7. The molecule has 1 unspecified atom stereocenters. The van der Waals surface area contributed by atoms with Crippen LogP contribution in [0.5, 0.6) is 0 Å². The van der Waals surface area contributed by atoms with E-state index >= 15 is 0 Å². The summed E-state index contributed by atoms with van der Waals surface area (Å²) in [4.78, 5) is 24.6. The maximum absolute atomic E-state index is 12.0. The van der Waals surface area contributed by atoms with Gasteiger partial charge in [0.1, 0.15) is 6.04 Å². The first kappa shape index (κ1) is 14.2. The van der Waals surface area contributed by atoms with Crippen molar-refractivity contribution >= 4 is 23.8 Å². The molecule has 0 aromatic rings. The van der Waals surface area contributed by atoms with Crippen molar-refractivity contribution in [3.05, 3.63) is 11.6 Å². The SMILES string of the molecule is O=C(O)C1CSCCN1C(=O)NCCC1=CCCC1. The number of thioether (sulfide) groups is 1. The fourth-order valence-corrected chi connectivity index (χ4v) is 3.49. The van der Waals surface area contributed by atoms with E-state index in [0.717, 1.165) is 25.0 Å². The first-order valence-corrected chi connectivity index (χ1v) is 7.87. The van der Waals surface area contributed by atoms with E-state index < -0.39 is 12.0 Å². The molecule has 0 saturated carbocycles. The van der Waals surface area contributed by atoms with Crippen LogP contribution in [0.4, 0.5) is 4.79 Å². The van der Waals surface area contributed by atoms with Gasteiger partial charge in [-0.25, -0.2) is 9.59 Å². The lowest BCUT2D eigenvalue weighted by atomic mass is 10.2. The Labute approximate surface area is 117 Å². The van der Waals surface area contributed by atoms with Crippen LogP contribution in [0.1, 0.15) is 25.7 Å². The average Bonchev–Trinajstić information content (AvgIpc) is 2.91. The van der Waals surface area contributed by atoms with Crippen molar-refractivity contribution in [1.82, 2.24) is 10.2 Å². The standard InChI is InChI=1S/C13H20N2O3S/c16-12(17)11-9-19-8-7-15(11)13(18)14-6-5-10-3-1-2-4-10/h3,11H,1-2,4-9H2,(H,14,18)(H,16,17). The Morgan fingerprint density at radius 1 is 1.53 bits per heavy atom. The second kappa shape index (κ2) is 6.84. The van der Waals surface area contributed by atoms with Gasteiger partial charge in [-0.15, -0.1) is 0 Å². The highest BCUT2D eigenvalue weighted by atomic mass is 32.2. The number of rotatable bonds is 4. The highest BCUT2D eigenvalue weighted by molar-refractivity contribution is 7.99. The van der Waals surface area contributed by atoms with Crippen LogP contribution >= 0.6 is 11.8 Å². The first-order valence-electron chi connectivity index (χ1n) is 6.71. The van der Waals surface area contributed by atoms with E-state index in [-0.39, 0.29) is 6.03 Å². The predicted octanol–water partition coefficient (Wildman–Crippen LogP) is 1.70. The molecule has 0 aromatic carbocycles. The van der Waals surface area contributed by atoms with Crippen LogP contribution in [0.15, 0.2) is 11.6 Å². The van der Waals surface area contributed by atoms with Crippen LogP contribution in [-0.2, 0) is 4.79 Å². The van der Waals surface area contributed by atoms with Crippen molar-refractivity contribution < 1.29 is 14.7 Å². The second-order valence-electron chi connectivity index (χ2n) is 4.86. The Kier molecular flexibility index (Phi) is 5.13. The molecule has 1 aliphatic carbocycles. The minimum absolute atomic E-state index is 0.244. The quantitative estimate of drug-likeness (QED) is 0.771. The van der Waals surface area contributed by atoms with E-state index in [1.165, 1.54) is 16.9 Å². The van der Waals surface area contributed by atoms with Gasteiger partial charge in [-0.1, -0.05) is 11.6 Å². The fourth-order valence-electron chi connectivity index (χ4n) is 2.45. The predicted molar refractivity (Wildman–Crippen MR) is 75.4 cm³/mol. The highest BCUT2D eigenvalue weighted by Crippen LogP contribution is 2.20. The van der Waals surface area contributed by atoms with Gasteiger partial charge in [-0.3, -0.25) is 0 Å². The van der Waals surface area contributed by atoms with Crippen LogP contribution in [0.3, 0.4) is 0 Å². The molecule has 1 atom stereocenters. The first-order chi connectivity index (χ1) is 9.18. The number of carboxylic acids is 1. The monoisotopic (exact) mass is 284 g/mol. The van der Waals surface area contributed by atoms with Crippen molar-refractivity contribution in [2.75, 3.05) is 24.6 Å². The third-order valence-electron chi connectivity index (χ3n) is 3.53. The number of allylic oxidation sites excluding steroid dienone is 1. The Morgan fingerprint density at radius 2 is 2.37 bits per heavy atom. The molecule has 0 spiro atoms. The number of nitrogens with zero attached hydrogens (tertiary/aromatic N) is 1. The Morgan fingerprint density at radius 3 is 3.05 bits per heavy atom. The van der Waals surface area contributed by atoms with E-state index in [1.54, 1.807) is 11.8 Å². The summed E-state index contributed by atoms with van der Waals surface area (Å²) < 4.78 is 0. The van der Waals surface area contributed by atoms with Crippen molar-refractivity contribution in [3.8, 4) is 0 Å². The molecule has 0 aromatic heterocycles. The summed E-state index contributed by atoms with van der Waals surface area (Å²) in [5, 5.41) is 11.9. The summed E-state index contributed by atoms with van der Waals surface area (Å²) in [5.41, 5.74) is 1.41. The molecule has 0 bridgehead atoms. The molecule has 2 N–H and O–H groups in total. The molecule has 2 amide bonds. The van der Waals surface area contributed by atoms with Gasteiger partial charge in [-0.2, -0.15) is 11.8 Å². The summed E-state index contributed by atoms with van der Waals surface area (Å²) >= 11 is 1.59. The fraction of sp³-hybridized carbons (Fsp3) is 0.692. The number of carbonyl (C=O) groups is 2. The molecule has 2 rings (SSSR count). The minimum Gasteiger partial charge on any atom is -0.480 e. The zero-order valence-corrected chi connectivity index (χ0v) is 11.7. The normalized spacial score (nSPS) is 23.1. The third-order valence-corrected chi connectivity index (χ3v) is 4.55. The van der Waals surface area contributed by atoms with Gasteiger partial charge in [0.25, 0.3) is 0 Å². The van der Waals surface area contributed by atoms with Crippen molar-refractivity contribution in [2.45, 2.75) is 31.7 Å². The number of carbonyl (C=O) groups excluding carboxylic acids is 1. The number of amides is 2. The number of hydrogen-bond donors (Lipinski definition) is 2. The van der Waals surface area contributed by atoms with Crippen LogP contribution < -0.4 is 5.32 Å². The summed E-state index contributed by atoms with van der Waals surface area (Å²) in [5.74, 6) is 0.372. The lowest BCUT2D eigenvalue weighted by Gasteiger charge is -2.32. The Balaban J connectivity index is 1.78. The summed E-state index contributed by atoms with van der Waals surface area (Å²) in [6, 6.07) is -0.934. The maximum Gasteiger partial charge on any atom is 0.327 e. The van der Waals surface area contributed by atoms with E-state index in [1.807, 2.05) is 0 Å². The highest BCUT2D eigenvalue weighted by Gasteiger charge is 2.32. The summed E-state index contributed by atoms with van der Waals surface area (Å²) in [7, 11) is 0. The number of aliphatic carboxylic acids is 1. The number of carboxylic acid groups (broad SMARTS) is 1. The average molecular weight is 284 g/mol. The molecule has 5 nitrogen and oxygen atoms in total. The topological polar surface area (TPSA) is 69.6 Å². The lowest BCUT2D eigenvalue weighted by Crippen LogP contribution is -2.53.